The molecule has 0 saturated heterocycles. The minimum absolute atomic E-state index is 0.0567. The van der Waals surface area contributed by atoms with E-state index in [1.807, 2.05) is 24.3 Å². The molecule has 1 heterocycles. The highest BCUT2D eigenvalue weighted by atomic mass is 16.5. The molecule has 26 heavy (non-hydrogen) atoms. The summed E-state index contributed by atoms with van der Waals surface area (Å²) < 4.78 is 11.6. The monoisotopic (exact) mass is 354 g/mol. The van der Waals surface area contributed by atoms with Gasteiger partial charge in [-0.1, -0.05) is 19.1 Å². The van der Waals surface area contributed by atoms with Gasteiger partial charge in [0.2, 0.25) is 5.91 Å². The van der Waals surface area contributed by atoms with E-state index in [0.717, 1.165) is 48.8 Å². The van der Waals surface area contributed by atoms with Crippen LogP contribution in [-0.4, -0.2) is 30.6 Å². The Bertz CT molecular complexity index is 758. The summed E-state index contributed by atoms with van der Waals surface area (Å²) in [6, 6.07) is 14.0. The van der Waals surface area contributed by atoms with Gasteiger partial charge in [-0.05, 0) is 42.3 Å². The van der Waals surface area contributed by atoms with E-state index in [4.69, 9.17) is 9.47 Å². The van der Waals surface area contributed by atoms with Gasteiger partial charge in [0.25, 0.3) is 0 Å². The Balaban J connectivity index is 1.76. The van der Waals surface area contributed by atoms with Crippen LogP contribution in [0, 0.1) is 0 Å². The first-order valence-electron chi connectivity index (χ1n) is 9.00. The minimum Gasteiger partial charge on any atom is -0.497 e. The normalized spacial score (nSPS) is 17.0. The van der Waals surface area contributed by atoms with Gasteiger partial charge >= 0.3 is 0 Å². The standard InChI is InChI=1S/C21H26N2O3/c1-4-19-14-23(12-16-5-7-18(8-6-16)22-15(2)24)13-17-11-20(25-3)9-10-21(17)26-19/h5-11,19H,4,12-14H2,1-3H3,(H,22,24). The average molecular weight is 354 g/mol. The predicted molar refractivity (Wildman–Crippen MR) is 103 cm³/mol. The maximum Gasteiger partial charge on any atom is 0.221 e. The summed E-state index contributed by atoms with van der Waals surface area (Å²) in [5.74, 6) is 1.74. The van der Waals surface area contributed by atoms with Gasteiger partial charge in [-0.15, -0.1) is 0 Å². The van der Waals surface area contributed by atoms with Gasteiger partial charge in [0.05, 0.1) is 7.11 Å². The van der Waals surface area contributed by atoms with Gasteiger partial charge < -0.3 is 14.8 Å². The molecular formula is C21H26N2O3. The molecule has 1 atom stereocenters. The Hall–Kier alpha value is -2.53. The number of benzene rings is 2. The summed E-state index contributed by atoms with van der Waals surface area (Å²) in [6.45, 7) is 6.19. The second-order valence-electron chi connectivity index (χ2n) is 6.67. The number of rotatable bonds is 5. The van der Waals surface area contributed by atoms with Crippen LogP contribution in [-0.2, 0) is 17.9 Å². The largest absolute Gasteiger partial charge is 0.497 e. The van der Waals surface area contributed by atoms with Crippen molar-refractivity contribution in [3.63, 3.8) is 0 Å². The van der Waals surface area contributed by atoms with Crippen LogP contribution in [0.1, 0.15) is 31.4 Å². The molecule has 1 N–H and O–H groups in total. The van der Waals surface area contributed by atoms with Crippen molar-refractivity contribution in [1.82, 2.24) is 4.90 Å². The number of anilines is 1. The lowest BCUT2D eigenvalue weighted by Crippen LogP contribution is -2.32. The van der Waals surface area contributed by atoms with Crippen LogP contribution in [0.15, 0.2) is 42.5 Å². The SMILES string of the molecule is CCC1CN(Cc2ccc(NC(C)=O)cc2)Cc2cc(OC)ccc2O1. The lowest BCUT2D eigenvalue weighted by molar-refractivity contribution is -0.114. The number of hydrogen-bond acceptors (Lipinski definition) is 4. The lowest BCUT2D eigenvalue weighted by Gasteiger charge is -2.23. The van der Waals surface area contributed by atoms with Crippen LogP contribution in [0.4, 0.5) is 5.69 Å². The van der Waals surface area contributed by atoms with Crippen molar-refractivity contribution >= 4 is 11.6 Å². The van der Waals surface area contributed by atoms with E-state index in [-0.39, 0.29) is 12.0 Å². The molecule has 0 aliphatic carbocycles. The minimum atomic E-state index is -0.0567. The van der Waals surface area contributed by atoms with Crippen LogP contribution >= 0.6 is 0 Å². The van der Waals surface area contributed by atoms with Crippen LogP contribution in [0.25, 0.3) is 0 Å². The van der Waals surface area contributed by atoms with Crippen molar-refractivity contribution in [3.05, 3.63) is 53.6 Å². The van der Waals surface area contributed by atoms with E-state index >= 15 is 0 Å². The Morgan fingerprint density at radius 3 is 2.69 bits per heavy atom. The molecule has 5 heteroatoms. The molecule has 1 unspecified atom stereocenters. The summed E-state index contributed by atoms with van der Waals surface area (Å²) >= 11 is 0. The van der Waals surface area contributed by atoms with Gasteiger partial charge in [-0.25, -0.2) is 0 Å². The zero-order valence-electron chi connectivity index (χ0n) is 15.6. The van der Waals surface area contributed by atoms with E-state index in [1.54, 1.807) is 7.11 Å². The predicted octanol–water partition coefficient (Wildman–Crippen LogP) is 3.83. The van der Waals surface area contributed by atoms with Gasteiger partial charge in [0, 0.05) is 37.8 Å². The van der Waals surface area contributed by atoms with Crippen LogP contribution in [0.3, 0.4) is 0 Å². The van der Waals surface area contributed by atoms with Crippen molar-refractivity contribution in [2.24, 2.45) is 0 Å². The maximum absolute atomic E-state index is 11.1. The number of nitrogens with zero attached hydrogens (tertiary/aromatic N) is 1. The van der Waals surface area contributed by atoms with Crippen molar-refractivity contribution in [1.29, 1.82) is 0 Å². The summed E-state index contributed by atoms with van der Waals surface area (Å²) in [6.07, 6.45) is 1.13. The first kappa shape index (κ1) is 18.3. The number of methoxy groups -OCH3 is 1. The quantitative estimate of drug-likeness (QED) is 0.887. The first-order chi connectivity index (χ1) is 12.6. The van der Waals surface area contributed by atoms with Crippen molar-refractivity contribution in [3.8, 4) is 11.5 Å². The molecule has 0 fully saturated rings. The fraction of sp³-hybridized carbons (Fsp3) is 0.381. The van der Waals surface area contributed by atoms with Crippen molar-refractivity contribution in [2.45, 2.75) is 39.5 Å². The van der Waals surface area contributed by atoms with Crippen molar-refractivity contribution in [2.75, 3.05) is 19.0 Å². The Labute approximate surface area is 154 Å². The van der Waals surface area contributed by atoms with Crippen molar-refractivity contribution < 1.29 is 14.3 Å². The zero-order chi connectivity index (χ0) is 18.5. The van der Waals surface area contributed by atoms with E-state index in [1.165, 1.54) is 12.5 Å². The Morgan fingerprint density at radius 2 is 2.04 bits per heavy atom. The summed E-state index contributed by atoms with van der Waals surface area (Å²) in [5.41, 5.74) is 3.18. The van der Waals surface area contributed by atoms with Crippen LogP contribution in [0.5, 0.6) is 11.5 Å². The highest BCUT2D eigenvalue weighted by Gasteiger charge is 2.22. The molecule has 3 rings (SSSR count). The molecule has 5 nitrogen and oxygen atoms in total. The second-order valence-corrected chi connectivity index (χ2v) is 6.67. The van der Waals surface area contributed by atoms with Crippen LogP contribution in [0.2, 0.25) is 0 Å². The summed E-state index contributed by atoms with van der Waals surface area (Å²) in [7, 11) is 1.68. The summed E-state index contributed by atoms with van der Waals surface area (Å²) in [4.78, 5) is 13.5. The molecule has 0 bridgehead atoms. The smallest absolute Gasteiger partial charge is 0.221 e. The summed E-state index contributed by atoms with van der Waals surface area (Å²) in [5, 5.41) is 2.80. The molecule has 0 spiro atoms. The first-order valence-corrected chi connectivity index (χ1v) is 9.00. The molecule has 1 amide bonds. The fourth-order valence-corrected chi connectivity index (χ4v) is 3.22. The van der Waals surface area contributed by atoms with Gasteiger partial charge in [-0.3, -0.25) is 9.69 Å². The number of ether oxygens (including phenoxy) is 2. The average Bonchev–Trinajstić information content (AvgIpc) is 2.80. The molecule has 2 aromatic rings. The third-order valence-electron chi connectivity index (χ3n) is 4.55. The van der Waals surface area contributed by atoms with E-state index in [0.29, 0.717) is 0 Å². The van der Waals surface area contributed by atoms with Gasteiger partial charge in [-0.2, -0.15) is 0 Å². The molecule has 0 radical (unpaired) electrons. The number of carbonyl (C=O) groups is 1. The molecular weight excluding hydrogens is 328 g/mol. The Morgan fingerprint density at radius 1 is 1.27 bits per heavy atom. The molecule has 138 valence electrons. The highest BCUT2D eigenvalue weighted by molar-refractivity contribution is 5.88. The van der Waals surface area contributed by atoms with E-state index in [2.05, 4.69) is 35.3 Å². The number of nitrogens with one attached hydrogen (secondary N) is 1. The van der Waals surface area contributed by atoms with Crippen LogP contribution < -0.4 is 14.8 Å². The molecule has 2 aromatic carbocycles. The third kappa shape index (κ3) is 4.55. The van der Waals surface area contributed by atoms with Gasteiger partial charge in [0.15, 0.2) is 0 Å². The number of fused-ring (bicyclic) bond motifs is 1. The number of carbonyl (C=O) groups excluding carboxylic acids is 1. The van der Waals surface area contributed by atoms with E-state index in [9.17, 15) is 4.79 Å². The fourth-order valence-electron chi connectivity index (χ4n) is 3.22. The lowest BCUT2D eigenvalue weighted by atomic mass is 10.1. The van der Waals surface area contributed by atoms with Gasteiger partial charge in [0.1, 0.15) is 17.6 Å². The molecule has 1 aliphatic rings. The maximum atomic E-state index is 11.1. The number of amides is 1. The third-order valence-corrected chi connectivity index (χ3v) is 4.55. The van der Waals surface area contributed by atoms with E-state index < -0.39 is 0 Å². The number of hydrogen-bond donors (Lipinski definition) is 1. The molecule has 1 aliphatic heterocycles. The Kier molecular flexibility index (Phi) is 5.78. The molecule has 0 aromatic heterocycles. The highest BCUT2D eigenvalue weighted by Crippen LogP contribution is 2.30. The topological polar surface area (TPSA) is 50.8 Å². The molecule has 0 saturated carbocycles. The second kappa shape index (κ2) is 8.23. The zero-order valence-corrected chi connectivity index (χ0v) is 15.6.